The molecular formula is HK2NO4. The van der Waals surface area contributed by atoms with Gasteiger partial charge in [-0.3, -0.25) is 0 Å². The third-order valence-electron chi connectivity index (χ3n) is 0. The van der Waals surface area contributed by atoms with E-state index in [1.807, 2.05) is 0 Å². The summed E-state index contributed by atoms with van der Waals surface area (Å²) < 4.78 is 0. The van der Waals surface area contributed by atoms with Crippen LogP contribution in [0.4, 0.5) is 0 Å². The first-order chi connectivity index (χ1) is 1.73. The molecule has 0 aromatic heterocycles. The molecule has 7 heavy (non-hydrogen) atoms. The number of hydrogen-bond acceptors (Lipinski definition) is 2. The molecule has 0 spiro atoms. The van der Waals surface area contributed by atoms with Crippen LogP contribution < -0.4 is 103 Å². The van der Waals surface area contributed by atoms with Crippen molar-refractivity contribution in [3.8, 4) is 0 Å². The third kappa shape index (κ3) is 59.0. The summed E-state index contributed by atoms with van der Waals surface area (Å²) in [6.45, 7) is 0. The zero-order valence-electron chi connectivity index (χ0n) is 4.12. The van der Waals surface area contributed by atoms with Crippen LogP contribution in [0.15, 0.2) is 0 Å². The Morgan fingerprint density at radius 1 is 1.43 bits per heavy atom. The normalized spacial score (nSPS) is 3.43. The Kier molecular flexibility index (Phi) is 51.2. The second-order valence-corrected chi connectivity index (χ2v) is 0.238. The van der Waals surface area contributed by atoms with Gasteiger partial charge in [0, 0.05) is 0 Å². The first-order valence-electron chi connectivity index (χ1n) is 0.565. The molecule has 0 unspecified atom stereocenters. The smallest absolute Gasteiger partial charge is 1.00 e. The summed E-state index contributed by atoms with van der Waals surface area (Å²) in [7, 11) is 0. The number of rotatable bonds is 0. The monoisotopic (exact) mass is 157 g/mol. The molecule has 1 N–H and O–H groups in total. The molecule has 7 heteroatoms. The molecule has 0 saturated carbocycles. The van der Waals surface area contributed by atoms with Crippen molar-refractivity contribution in [1.82, 2.24) is 0 Å². The van der Waals surface area contributed by atoms with E-state index in [0.717, 1.165) is 0 Å². The summed E-state index contributed by atoms with van der Waals surface area (Å²) in [5, 5.41) is 13.6. The molecule has 0 atom stereocenters. The summed E-state index contributed by atoms with van der Waals surface area (Å²) in [5.41, 5.74) is 0. The standard InChI is InChI=1S/2K.HNO3.O/c;;2-1(3)4;/h;;(H,2,3,4);/q2*+1;;-2. The van der Waals surface area contributed by atoms with Gasteiger partial charge in [0.2, 0.25) is 0 Å². The molecule has 0 aliphatic heterocycles. The van der Waals surface area contributed by atoms with Gasteiger partial charge in [-0.15, -0.1) is 10.1 Å². The largest absolute Gasteiger partial charge is 2.00 e. The second kappa shape index (κ2) is 15.8. The Labute approximate surface area is 125 Å². The van der Waals surface area contributed by atoms with Gasteiger partial charge in [0.25, 0.3) is 5.09 Å². The quantitative estimate of drug-likeness (QED) is 0.215. The molecule has 0 aliphatic carbocycles. The van der Waals surface area contributed by atoms with Crippen molar-refractivity contribution in [2.75, 3.05) is 0 Å². The Morgan fingerprint density at radius 3 is 1.43 bits per heavy atom. The minimum Gasteiger partial charge on any atom is -2.00 e. The van der Waals surface area contributed by atoms with Gasteiger partial charge >= 0.3 is 103 Å². The van der Waals surface area contributed by atoms with Crippen LogP contribution in [0.2, 0.25) is 0 Å². The molecule has 0 rings (SSSR count). The molecule has 0 aromatic carbocycles. The van der Waals surface area contributed by atoms with E-state index >= 15 is 0 Å². The molecule has 5 nitrogen and oxygen atoms in total. The van der Waals surface area contributed by atoms with E-state index in [2.05, 4.69) is 0 Å². The second-order valence-electron chi connectivity index (χ2n) is 0.238. The van der Waals surface area contributed by atoms with E-state index in [1.54, 1.807) is 0 Å². The molecule has 0 heterocycles. The maximum atomic E-state index is 8.36. The van der Waals surface area contributed by atoms with Crippen molar-refractivity contribution in [3.63, 3.8) is 0 Å². The zero-order chi connectivity index (χ0) is 3.58. The van der Waals surface area contributed by atoms with Crippen LogP contribution in [0.5, 0.6) is 0 Å². The Bertz CT molecular complexity index is 32.7. The average Bonchev–Trinajstić information content (AvgIpc) is 0.811. The summed E-state index contributed by atoms with van der Waals surface area (Å²) in [5.74, 6) is 0. The number of nitrogens with zero attached hydrogens (tertiary/aromatic N) is 1. The van der Waals surface area contributed by atoms with Crippen LogP contribution >= 0.6 is 0 Å². The summed E-state index contributed by atoms with van der Waals surface area (Å²) in [6, 6.07) is 0. The fourth-order valence-corrected chi connectivity index (χ4v) is 0. The molecule has 0 fully saturated rings. The van der Waals surface area contributed by atoms with Crippen molar-refractivity contribution in [2.45, 2.75) is 0 Å². The minimum absolute atomic E-state index is 0. The molecule has 0 aliphatic rings. The number of hydrogen-bond donors (Lipinski definition) is 1. The van der Waals surface area contributed by atoms with Crippen LogP contribution in [0, 0.1) is 10.1 Å². The van der Waals surface area contributed by atoms with Gasteiger partial charge < -0.3 is 10.7 Å². The summed E-state index contributed by atoms with van der Waals surface area (Å²) in [6.07, 6.45) is 0. The van der Waals surface area contributed by atoms with Crippen molar-refractivity contribution in [3.05, 3.63) is 10.1 Å². The van der Waals surface area contributed by atoms with Crippen LogP contribution in [0.25, 0.3) is 0 Å². The van der Waals surface area contributed by atoms with Gasteiger partial charge in [-0.05, 0) is 0 Å². The zero-order valence-corrected chi connectivity index (χ0v) is 10.4. The van der Waals surface area contributed by atoms with Crippen molar-refractivity contribution in [2.24, 2.45) is 0 Å². The van der Waals surface area contributed by atoms with E-state index in [9.17, 15) is 0 Å². The van der Waals surface area contributed by atoms with Gasteiger partial charge in [-0.1, -0.05) is 0 Å². The minimum atomic E-state index is -1.50. The van der Waals surface area contributed by atoms with Gasteiger partial charge in [0.15, 0.2) is 0 Å². The predicted molar refractivity (Wildman–Crippen MR) is 9.47 cm³/mol. The van der Waals surface area contributed by atoms with Crippen LogP contribution in [-0.4, -0.2) is 10.3 Å². The van der Waals surface area contributed by atoms with E-state index in [0.29, 0.717) is 0 Å². The maximum absolute atomic E-state index is 8.36. The van der Waals surface area contributed by atoms with E-state index < -0.39 is 5.09 Å². The summed E-state index contributed by atoms with van der Waals surface area (Å²) >= 11 is 0. The van der Waals surface area contributed by atoms with Crippen LogP contribution in [-0.2, 0) is 5.48 Å². The Balaban J connectivity index is -0.0000000150. The Morgan fingerprint density at radius 2 is 1.43 bits per heavy atom. The van der Waals surface area contributed by atoms with E-state index in [4.69, 9.17) is 15.3 Å². The molecule has 0 aromatic rings. The molecule has 0 saturated heterocycles. The van der Waals surface area contributed by atoms with Gasteiger partial charge in [0.1, 0.15) is 0 Å². The molecule has 0 bridgehead atoms. The fraction of sp³-hybridized carbons (Fsp3) is 0. The van der Waals surface area contributed by atoms with Gasteiger partial charge in [-0.2, -0.15) is 0 Å². The maximum Gasteiger partial charge on any atom is 1.00 e. The Hall–Kier alpha value is 2.43. The SMILES string of the molecule is O=[N+]([O-])O.[K+].[K+].[O-2]. The van der Waals surface area contributed by atoms with Crippen molar-refractivity contribution in [1.29, 1.82) is 0 Å². The third-order valence-corrected chi connectivity index (χ3v) is 0. The van der Waals surface area contributed by atoms with E-state index in [-0.39, 0.29) is 108 Å². The topological polar surface area (TPSA) is 91.9 Å². The van der Waals surface area contributed by atoms with Crippen molar-refractivity contribution >= 4 is 0 Å². The molecule has 32 valence electrons. The van der Waals surface area contributed by atoms with Crippen molar-refractivity contribution < 1.29 is 119 Å². The molecule has 0 radical (unpaired) electrons. The first-order valence-corrected chi connectivity index (χ1v) is 0.565. The van der Waals surface area contributed by atoms with Crippen LogP contribution in [0.1, 0.15) is 0 Å². The predicted octanol–water partition coefficient (Wildman–Crippen LogP) is -6.46. The first kappa shape index (κ1) is 22.7. The van der Waals surface area contributed by atoms with Crippen LogP contribution in [0.3, 0.4) is 0 Å². The van der Waals surface area contributed by atoms with Gasteiger partial charge in [-0.25, -0.2) is 0 Å². The molecular weight excluding hydrogens is 156 g/mol. The van der Waals surface area contributed by atoms with Gasteiger partial charge in [0.05, 0.1) is 0 Å². The average molecular weight is 157 g/mol. The molecule has 0 amide bonds. The fourth-order valence-electron chi connectivity index (χ4n) is 0. The van der Waals surface area contributed by atoms with E-state index in [1.165, 1.54) is 0 Å². The summed E-state index contributed by atoms with van der Waals surface area (Å²) in [4.78, 5) is 8.36.